The van der Waals surface area contributed by atoms with E-state index in [0.717, 1.165) is 11.1 Å². The zero-order valence-electron chi connectivity index (χ0n) is 10.9. The molecule has 2 rings (SSSR count). The lowest BCUT2D eigenvalue weighted by Gasteiger charge is -2.05. The highest BCUT2D eigenvalue weighted by molar-refractivity contribution is 6.34. The van der Waals surface area contributed by atoms with Crippen molar-refractivity contribution >= 4 is 40.9 Å². The summed E-state index contributed by atoms with van der Waals surface area (Å²) in [4.78, 5) is 11.8. The van der Waals surface area contributed by atoms with Crippen LogP contribution in [-0.2, 0) is 4.79 Å². The Balaban J connectivity index is 2.05. The minimum absolute atomic E-state index is 0.240. The van der Waals surface area contributed by atoms with Crippen molar-refractivity contribution in [3.63, 3.8) is 0 Å². The van der Waals surface area contributed by atoms with Crippen molar-refractivity contribution in [3.05, 3.63) is 69.7 Å². The smallest absolute Gasteiger partial charge is 0.248 e. The number of anilines is 1. The number of carbonyl (C=O) groups is 1. The van der Waals surface area contributed by atoms with E-state index in [1.54, 1.807) is 30.3 Å². The summed E-state index contributed by atoms with van der Waals surface area (Å²) >= 11 is 11.9. The molecule has 0 aliphatic heterocycles. The van der Waals surface area contributed by atoms with Crippen LogP contribution in [0.3, 0.4) is 0 Å². The molecule has 1 N–H and O–H groups in total. The summed E-state index contributed by atoms with van der Waals surface area (Å²) in [5, 5.41) is 3.89. The molecule has 2 aromatic carbocycles. The predicted molar refractivity (Wildman–Crippen MR) is 85.3 cm³/mol. The molecule has 20 heavy (non-hydrogen) atoms. The average molecular weight is 306 g/mol. The number of nitrogens with one attached hydrogen (secondary N) is 1. The second kappa shape index (κ2) is 6.60. The minimum Gasteiger partial charge on any atom is -0.321 e. The standard InChI is InChI=1S/C16H13Cl2NO/c1-11-5-7-15(14(18)9-11)19-16(20)8-6-12-3-2-4-13(17)10-12/h2-10H,1H3,(H,19,20)/b8-6+. The molecule has 0 aliphatic rings. The molecule has 0 unspecified atom stereocenters. The molecule has 2 nitrogen and oxygen atoms in total. The maximum atomic E-state index is 11.8. The molecule has 0 spiro atoms. The molecule has 0 bridgehead atoms. The zero-order chi connectivity index (χ0) is 14.5. The summed E-state index contributed by atoms with van der Waals surface area (Å²) in [5.74, 6) is -0.240. The van der Waals surface area contributed by atoms with Crippen molar-refractivity contribution in [2.75, 3.05) is 5.32 Å². The lowest BCUT2D eigenvalue weighted by atomic mass is 10.2. The molecular formula is C16H13Cl2NO. The Hall–Kier alpha value is -1.77. The third-order valence-electron chi connectivity index (χ3n) is 2.66. The first-order valence-corrected chi connectivity index (χ1v) is 6.81. The van der Waals surface area contributed by atoms with E-state index in [0.29, 0.717) is 15.7 Å². The predicted octanol–water partition coefficient (Wildman–Crippen LogP) is 4.95. The van der Waals surface area contributed by atoms with E-state index in [-0.39, 0.29) is 5.91 Å². The SMILES string of the molecule is Cc1ccc(NC(=O)/C=C/c2cccc(Cl)c2)c(Cl)c1. The molecular weight excluding hydrogens is 293 g/mol. The number of carbonyl (C=O) groups excluding carboxylic acids is 1. The summed E-state index contributed by atoms with van der Waals surface area (Å²) < 4.78 is 0. The summed E-state index contributed by atoms with van der Waals surface area (Å²) in [5.41, 5.74) is 2.50. The Morgan fingerprint density at radius 2 is 1.95 bits per heavy atom. The number of rotatable bonds is 3. The molecule has 0 radical (unpaired) electrons. The van der Waals surface area contributed by atoms with Gasteiger partial charge in [0.2, 0.25) is 5.91 Å². The largest absolute Gasteiger partial charge is 0.321 e. The topological polar surface area (TPSA) is 29.1 Å². The van der Waals surface area contributed by atoms with Gasteiger partial charge in [-0.15, -0.1) is 0 Å². The van der Waals surface area contributed by atoms with E-state index in [9.17, 15) is 4.79 Å². The normalized spacial score (nSPS) is 10.8. The van der Waals surface area contributed by atoms with Crippen LogP contribution >= 0.6 is 23.2 Å². The third kappa shape index (κ3) is 4.12. The molecule has 0 aromatic heterocycles. The summed E-state index contributed by atoms with van der Waals surface area (Å²) in [6, 6.07) is 12.7. The van der Waals surface area contributed by atoms with Crippen LogP contribution < -0.4 is 5.32 Å². The van der Waals surface area contributed by atoms with E-state index >= 15 is 0 Å². The van der Waals surface area contributed by atoms with Gasteiger partial charge >= 0.3 is 0 Å². The van der Waals surface area contributed by atoms with Gasteiger partial charge in [-0.25, -0.2) is 0 Å². The Labute approximate surface area is 128 Å². The van der Waals surface area contributed by atoms with Crippen LogP contribution in [0.1, 0.15) is 11.1 Å². The number of amides is 1. The van der Waals surface area contributed by atoms with E-state index in [1.807, 2.05) is 25.1 Å². The Morgan fingerprint density at radius 1 is 1.15 bits per heavy atom. The Kier molecular flexibility index (Phi) is 4.83. The molecule has 1 amide bonds. The fourth-order valence-corrected chi connectivity index (χ4v) is 2.16. The van der Waals surface area contributed by atoms with Gasteiger partial charge in [-0.3, -0.25) is 4.79 Å². The molecule has 4 heteroatoms. The van der Waals surface area contributed by atoms with Crippen molar-refractivity contribution in [2.24, 2.45) is 0 Å². The fourth-order valence-electron chi connectivity index (χ4n) is 1.68. The van der Waals surface area contributed by atoms with Crippen molar-refractivity contribution in [2.45, 2.75) is 6.92 Å². The molecule has 0 atom stereocenters. The highest BCUT2D eigenvalue weighted by Gasteiger charge is 2.03. The van der Waals surface area contributed by atoms with E-state index in [4.69, 9.17) is 23.2 Å². The number of halogens is 2. The summed E-state index contributed by atoms with van der Waals surface area (Å²) in [7, 11) is 0. The maximum Gasteiger partial charge on any atom is 0.248 e. The Morgan fingerprint density at radius 3 is 2.65 bits per heavy atom. The van der Waals surface area contributed by atoms with Gasteiger partial charge in [-0.1, -0.05) is 41.4 Å². The van der Waals surface area contributed by atoms with Crippen LogP contribution in [0.15, 0.2) is 48.5 Å². The highest BCUT2D eigenvalue weighted by atomic mass is 35.5. The quantitative estimate of drug-likeness (QED) is 0.798. The van der Waals surface area contributed by atoms with Gasteiger partial charge in [0.25, 0.3) is 0 Å². The van der Waals surface area contributed by atoms with Gasteiger partial charge in [0.15, 0.2) is 0 Å². The molecule has 0 saturated carbocycles. The number of hydrogen-bond donors (Lipinski definition) is 1. The maximum absolute atomic E-state index is 11.8. The van der Waals surface area contributed by atoms with Crippen molar-refractivity contribution in [1.82, 2.24) is 0 Å². The van der Waals surface area contributed by atoms with Crippen molar-refractivity contribution in [1.29, 1.82) is 0 Å². The first kappa shape index (κ1) is 14.6. The highest BCUT2D eigenvalue weighted by Crippen LogP contribution is 2.22. The Bertz CT molecular complexity index is 665. The molecule has 2 aromatic rings. The molecule has 0 heterocycles. The van der Waals surface area contributed by atoms with Gasteiger partial charge in [0.05, 0.1) is 10.7 Å². The first-order valence-electron chi connectivity index (χ1n) is 6.05. The monoisotopic (exact) mass is 305 g/mol. The number of benzene rings is 2. The number of aryl methyl sites for hydroxylation is 1. The van der Waals surface area contributed by atoms with Gasteiger partial charge in [0, 0.05) is 11.1 Å². The molecule has 0 saturated heterocycles. The molecule has 0 aliphatic carbocycles. The van der Waals surface area contributed by atoms with Crippen molar-refractivity contribution < 1.29 is 4.79 Å². The lowest BCUT2D eigenvalue weighted by molar-refractivity contribution is -0.111. The molecule has 0 fully saturated rings. The number of hydrogen-bond acceptors (Lipinski definition) is 1. The van der Waals surface area contributed by atoms with Crippen molar-refractivity contribution in [3.8, 4) is 0 Å². The summed E-state index contributed by atoms with van der Waals surface area (Å²) in [6.45, 7) is 1.94. The lowest BCUT2D eigenvalue weighted by Crippen LogP contribution is -2.08. The van der Waals surface area contributed by atoms with E-state index in [1.165, 1.54) is 6.08 Å². The van der Waals surface area contributed by atoms with E-state index in [2.05, 4.69) is 5.32 Å². The van der Waals surface area contributed by atoms with Gasteiger partial charge < -0.3 is 5.32 Å². The minimum atomic E-state index is -0.240. The third-order valence-corrected chi connectivity index (χ3v) is 3.21. The average Bonchev–Trinajstić information content (AvgIpc) is 2.40. The van der Waals surface area contributed by atoms with Gasteiger partial charge in [-0.2, -0.15) is 0 Å². The second-order valence-electron chi connectivity index (χ2n) is 4.36. The van der Waals surface area contributed by atoms with Crippen LogP contribution in [0.25, 0.3) is 6.08 Å². The van der Waals surface area contributed by atoms with Crippen LogP contribution in [0, 0.1) is 6.92 Å². The molecule has 102 valence electrons. The summed E-state index contributed by atoms with van der Waals surface area (Å²) in [6.07, 6.45) is 3.14. The first-order chi connectivity index (χ1) is 9.54. The van der Waals surface area contributed by atoms with Crippen LogP contribution in [0.4, 0.5) is 5.69 Å². The fraction of sp³-hybridized carbons (Fsp3) is 0.0625. The van der Waals surface area contributed by atoms with Crippen LogP contribution in [-0.4, -0.2) is 5.91 Å². The zero-order valence-corrected chi connectivity index (χ0v) is 12.4. The van der Waals surface area contributed by atoms with Crippen LogP contribution in [0.2, 0.25) is 10.0 Å². The second-order valence-corrected chi connectivity index (χ2v) is 5.20. The van der Waals surface area contributed by atoms with Gasteiger partial charge in [-0.05, 0) is 48.4 Å². The van der Waals surface area contributed by atoms with Crippen LogP contribution in [0.5, 0.6) is 0 Å². The van der Waals surface area contributed by atoms with Gasteiger partial charge in [0.1, 0.15) is 0 Å². The van der Waals surface area contributed by atoms with E-state index < -0.39 is 0 Å².